The predicted molar refractivity (Wildman–Crippen MR) is 73.8 cm³/mol. The van der Waals surface area contributed by atoms with Crippen molar-refractivity contribution in [3.8, 4) is 0 Å². The van der Waals surface area contributed by atoms with Gasteiger partial charge in [0.1, 0.15) is 4.90 Å². The Hall–Kier alpha value is -1.38. The molecule has 20 heavy (non-hydrogen) atoms. The summed E-state index contributed by atoms with van der Waals surface area (Å²) in [7, 11) is 0.845. The molecule has 1 rings (SSSR count). The fourth-order valence-electron chi connectivity index (χ4n) is 1.37. The number of hydrogen-bond acceptors (Lipinski definition) is 5. The average molecular weight is 341 g/mol. The molecule has 0 radical (unpaired) electrons. The van der Waals surface area contributed by atoms with Crippen molar-refractivity contribution in [2.45, 2.75) is 18.2 Å². The van der Waals surface area contributed by atoms with Gasteiger partial charge in [-0.05, 0) is 6.42 Å². The van der Waals surface area contributed by atoms with Crippen molar-refractivity contribution < 1.29 is 18.1 Å². The highest BCUT2D eigenvalue weighted by Gasteiger charge is 2.25. The summed E-state index contributed by atoms with van der Waals surface area (Å²) in [6.07, 6.45) is 0.638. The van der Waals surface area contributed by atoms with Gasteiger partial charge in [0.15, 0.2) is 0 Å². The maximum atomic E-state index is 11.8. The van der Waals surface area contributed by atoms with Crippen LogP contribution in [0.2, 0.25) is 5.02 Å². The summed E-state index contributed by atoms with van der Waals surface area (Å²) in [5.41, 5.74) is -0.899. The molecule has 0 atom stereocenters. The normalized spacial score (nSPS) is 11.2. The number of halogens is 2. The summed E-state index contributed by atoms with van der Waals surface area (Å²) in [5, 5.41) is 12.8. The molecule has 0 heterocycles. The van der Waals surface area contributed by atoms with Crippen LogP contribution >= 0.6 is 22.3 Å². The molecule has 0 saturated carbocycles. The van der Waals surface area contributed by atoms with Crippen LogP contribution in [0.5, 0.6) is 0 Å². The van der Waals surface area contributed by atoms with Crippen LogP contribution in [0.25, 0.3) is 0 Å². The van der Waals surface area contributed by atoms with E-state index < -0.39 is 35.5 Å². The second-order valence-electron chi connectivity index (χ2n) is 3.76. The van der Waals surface area contributed by atoms with Crippen molar-refractivity contribution in [2.24, 2.45) is 0 Å². The van der Waals surface area contributed by atoms with Gasteiger partial charge < -0.3 is 5.32 Å². The minimum atomic E-state index is -4.31. The molecule has 0 aromatic heterocycles. The highest BCUT2D eigenvalue weighted by Crippen LogP contribution is 2.32. The van der Waals surface area contributed by atoms with Gasteiger partial charge in [-0.15, -0.1) is 0 Å². The van der Waals surface area contributed by atoms with Crippen LogP contribution in [-0.4, -0.2) is 25.8 Å². The quantitative estimate of drug-likeness (QED) is 0.502. The second-order valence-corrected chi connectivity index (χ2v) is 6.67. The van der Waals surface area contributed by atoms with Gasteiger partial charge in [-0.1, -0.05) is 18.5 Å². The first-order valence-corrected chi connectivity index (χ1v) is 8.08. The fourth-order valence-corrected chi connectivity index (χ4v) is 2.93. The van der Waals surface area contributed by atoms with Gasteiger partial charge in [-0.25, -0.2) is 8.42 Å². The van der Waals surface area contributed by atoms with E-state index in [0.29, 0.717) is 19.0 Å². The van der Waals surface area contributed by atoms with E-state index in [-0.39, 0.29) is 5.56 Å². The lowest BCUT2D eigenvalue weighted by Crippen LogP contribution is -2.24. The molecule has 7 nitrogen and oxygen atoms in total. The minimum absolute atomic E-state index is 0.312. The Morgan fingerprint density at radius 2 is 2.05 bits per heavy atom. The number of carbonyl (C=O) groups excluding carboxylic acids is 1. The highest BCUT2D eigenvalue weighted by atomic mass is 35.7. The lowest BCUT2D eigenvalue weighted by molar-refractivity contribution is -0.385. The molecule has 1 aromatic rings. The Morgan fingerprint density at radius 3 is 2.50 bits per heavy atom. The lowest BCUT2D eigenvalue weighted by atomic mass is 10.2. The van der Waals surface area contributed by atoms with Crippen molar-refractivity contribution >= 4 is 42.9 Å². The summed E-state index contributed by atoms with van der Waals surface area (Å²) >= 11 is 5.80. The molecule has 0 unspecified atom stereocenters. The summed E-state index contributed by atoms with van der Waals surface area (Å²) in [5.74, 6) is -0.706. The van der Waals surface area contributed by atoms with Crippen LogP contribution in [0.4, 0.5) is 5.69 Å². The molecule has 0 bridgehead atoms. The van der Waals surface area contributed by atoms with Crippen LogP contribution in [0.15, 0.2) is 17.0 Å². The van der Waals surface area contributed by atoms with Crippen LogP contribution in [0, 0.1) is 10.1 Å². The zero-order chi connectivity index (χ0) is 15.5. The third-order valence-corrected chi connectivity index (χ3v) is 4.14. The van der Waals surface area contributed by atoms with Gasteiger partial charge in [0, 0.05) is 29.4 Å². The van der Waals surface area contributed by atoms with E-state index in [2.05, 4.69) is 5.32 Å². The topological polar surface area (TPSA) is 106 Å². The summed E-state index contributed by atoms with van der Waals surface area (Å²) in [6, 6.07) is 1.61. The summed E-state index contributed by atoms with van der Waals surface area (Å²) < 4.78 is 22.7. The van der Waals surface area contributed by atoms with Crippen molar-refractivity contribution in [3.05, 3.63) is 32.8 Å². The minimum Gasteiger partial charge on any atom is -0.352 e. The number of non-ortho nitro benzene ring substituents is 1. The van der Waals surface area contributed by atoms with Crippen molar-refractivity contribution in [2.75, 3.05) is 6.54 Å². The number of nitro groups is 1. The van der Waals surface area contributed by atoms with Crippen LogP contribution in [0.1, 0.15) is 23.7 Å². The van der Waals surface area contributed by atoms with Gasteiger partial charge in [0.25, 0.3) is 20.6 Å². The van der Waals surface area contributed by atoms with E-state index in [0.717, 1.165) is 6.07 Å². The zero-order valence-corrected chi connectivity index (χ0v) is 12.5. The Morgan fingerprint density at radius 1 is 1.45 bits per heavy atom. The van der Waals surface area contributed by atoms with Crippen LogP contribution in [-0.2, 0) is 9.05 Å². The Kier molecular flexibility index (Phi) is 5.32. The molecule has 10 heteroatoms. The molecule has 0 aliphatic rings. The number of carbonyl (C=O) groups is 1. The number of amides is 1. The molecule has 0 saturated heterocycles. The molecule has 0 fully saturated rings. The Labute approximate surface area is 124 Å². The van der Waals surface area contributed by atoms with Crippen molar-refractivity contribution in [3.63, 3.8) is 0 Å². The first kappa shape index (κ1) is 16.7. The predicted octanol–water partition coefficient (Wildman–Crippen LogP) is 2.32. The maximum Gasteiger partial charge on any atom is 0.271 e. The standard InChI is InChI=1S/C10H10Cl2N2O5S/c1-2-3-13-10(15)7-4-6(14(16)17)5-8(9(7)11)20(12,18)19/h4-5H,2-3H2,1H3,(H,13,15). The average Bonchev–Trinajstić information content (AvgIpc) is 2.34. The van der Waals surface area contributed by atoms with E-state index in [1.165, 1.54) is 0 Å². The fraction of sp³-hybridized carbons (Fsp3) is 0.300. The van der Waals surface area contributed by atoms with E-state index in [9.17, 15) is 23.3 Å². The lowest BCUT2D eigenvalue weighted by Gasteiger charge is -2.08. The van der Waals surface area contributed by atoms with Crippen molar-refractivity contribution in [1.82, 2.24) is 5.32 Å². The molecular weight excluding hydrogens is 331 g/mol. The van der Waals surface area contributed by atoms with E-state index in [1.54, 1.807) is 0 Å². The third kappa shape index (κ3) is 3.81. The number of nitrogens with one attached hydrogen (secondary N) is 1. The monoisotopic (exact) mass is 340 g/mol. The number of nitro benzene ring substituents is 1. The molecular formula is C10H10Cl2N2O5S. The molecule has 1 aromatic carbocycles. The Bertz CT molecular complexity index is 660. The van der Waals surface area contributed by atoms with Gasteiger partial charge in [0.05, 0.1) is 15.5 Å². The molecule has 0 aliphatic carbocycles. The molecule has 0 aliphatic heterocycles. The molecule has 1 N–H and O–H groups in total. The van der Waals surface area contributed by atoms with Gasteiger partial charge >= 0.3 is 0 Å². The van der Waals surface area contributed by atoms with Crippen LogP contribution in [0.3, 0.4) is 0 Å². The zero-order valence-electron chi connectivity index (χ0n) is 10.2. The van der Waals surface area contributed by atoms with Gasteiger partial charge in [0.2, 0.25) is 0 Å². The number of benzene rings is 1. The highest BCUT2D eigenvalue weighted by molar-refractivity contribution is 8.13. The SMILES string of the molecule is CCCNC(=O)c1cc([N+](=O)[O-])cc(S(=O)(=O)Cl)c1Cl. The van der Waals surface area contributed by atoms with Crippen molar-refractivity contribution in [1.29, 1.82) is 0 Å². The smallest absolute Gasteiger partial charge is 0.271 e. The van der Waals surface area contributed by atoms with E-state index >= 15 is 0 Å². The summed E-state index contributed by atoms with van der Waals surface area (Å²) in [4.78, 5) is 21.1. The largest absolute Gasteiger partial charge is 0.352 e. The second kappa shape index (κ2) is 6.38. The third-order valence-electron chi connectivity index (χ3n) is 2.28. The van der Waals surface area contributed by atoms with Crippen LogP contribution < -0.4 is 5.32 Å². The Balaban J connectivity index is 3.47. The number of hydrogen-bond donors (Lipinski definition) is 1. The summed E-state index contributed by atoms with van der Waals surface area (Å²) in [6.45, 7) is 2.13. The van der Waals surface area contributed by atoms with E-state index in [1.807, 2.05) is 6.92 Å². The maximum absolute atomic E-state index is 11.8. The van der Waals surface area contributed by atoms with Gasteiger partial charge in [-0.2, -0.15) is 0 Å². The number of nitrogens with zero attached hydrogens (tertiary/aromatic N) is 1. The van der Waals surface area contributed by atoms with Gasteiger partial charge in [-0.3, -0.25) is 14.9 Å². The first-order valence-electron chi connectivity index (χ1n) is 5.39. The molecule has 0 spiro atoms. The van der Waals surface area contributed by atoms with E-state index in [4.69, 9.17) is 22.3 Å². The first-order chi connectivity index (χ1) is 9.18. The molecule has 110 valence electrons. The number of rotatable bonds is 5. The molecule has 1 amide bonds.